The number of aromatic nitrogens is 1. The van der Waals surface area contributed by atoms with Crippen LogP contribution < -0.4 is 9.47 Å². The molecule has 0 spiro atoms. The molecule has 0 unspecified atom stereocenters. The third-order valence-electron chi connectivity index (χ3n) is 2.23. The van der Waals surface area contributed by atoms with Crippen molar-refractivity contribution in [2.24, 2.45) is 0 Å². The fraction of sp³-hybridized carbons (Fsp3) is 0.143. The molecular formula is C14H10F3NO3S. The Morgan fingerprint density at radius 2 is 2.05 bits per heavy atom. The van der Waals surface area contributed by atoms with E-state index in [9.17, 15) is 18.0 Å². The first-order valence-corrected chi connectivity index (χ1v) is 6.87. The topological polar surface area (TPSA) is 48.4 Å². The molecular weight excluding hydrogens is 319 g/mol. The smallest absolute Gasteiger partial charge is 0.431 e. The molecule has 0 fully saturated rings. The molecule has 1 heterocycles. The Morgan fingerprint density at radius 3 is 2.73 bits per heavy atom. The van der Waals surface area contributed by atoms with Gasteiger partial charge in [-0.15, -0.1) is 13.2 Å². The predicted molar refractivity (Wildman–Crippen MR) is 75.0 cm³/mol. The molecule has 116 valence electrons. The summed E-state index contributed by atoms with van der Waals surface area (Å²) in [5, 5.41) is 1.90. The molecule has 0 N–H and O–H groups in total. The first-order valence-electron chi connectivity index (χ1n) is 6.00. The number of allylic oxidation sites excluding steroid dienone is 1. The first-order chi connectivity index (χ1) is 10.3. The number of ketones is 1. The lowest BCUT2D eigenvalue weighted by Gasteiger charge is -2.09. The van der Waals surface area contributed by atoms with Gasteiger partial charge in [0.1, 0.15) is 11.5 Å². The van der Waals surface area contributed by atoms with Gasteiger partial charge in [0.25, 0.3) is 5.19 Å². The van der Waals surface area contributed by atoms with E-state index in [4.69, 9.17) is 4.74 Å². The second kappa shape index (κ2) is 6.61. The molecule has 1 aromatic heterocycles. The molecule has 0 aliphatic heterocycles. The van der Waals surface area contributed by atoms with E-state index in [-0.39, 0.29) is 22.5 Å². The molecule has 0 saturated carbocycles. The zero-order valence-corrected chi connectivity index (χ0v) is 12.1. The number of nitrogens with zero attached hydrogens (tertiary/aromatic N) is 1. The molecule has 0 saturated heterocycles. The lowest BCUT2D eigenvalue weighted by molar-refractivity contribution is -0.274. The van der Waals surface area contributed by atoms with Gasteiger partial charge in [0, 0.05) is 11.4 Å². The summed E-state index contributed by atoms with van der Waals surface area (Å²) >= 11 is 1.16. The maximum atomic E-state index is 12.1. The average Bonchev–Trinajstić information content (AvgIpc) is 2.82. The van der Waals surface area contributed by atoms with Gasteiger partial charge >= 0.3 is 6.36 Å². The van der Waals surface area contributed by atoms with Crippen molar-refractivity contribution in [3.8, 4) is 16.7 Å². The molecule has 22 heavy (non-hydrogen) atoms. The fourth-order valence-corrected chi connectivity index (χ4v) is 2.09. The van der Waals surface area contributed by atoms with Gasteiger partial charge in [-0.3, -0.25) is 4.79 Å². The highest BCUT2D eigenvalue weighted by Crippen LogP contribution is 2.30. The third kappa shape index (κ3) is 5.21. The van der Waals surface area contributed by atoms with E-state index < -0.39 is 6.36 Å². The van der Waals surface area contributed by atoms with Crippen LogP contribution in [-0.2, 0) is 4.79 Å². The molecule has 0 aliphatic rings. The quantitative estimate of drug-likeness (QED) is 0.761. The van der Waals surface area contributed by atoms with Gasteiger partial charge in [-0.25, -0.2) is 4.98 Å². The molecule has 4 nitrogen and oxygen atoms in total. The van der Waals surface area contributed by atoms with E-state index in [1.54, 1.807) is 5.38 Å². The summed E-state index contributed by atoms with van der Waals surface area (Å²) in [5.74, 6) is -0.330. The number of ether oxygens (including phenoxy) is 2. The molecule has 0 radical (unpaired) electrons. The highest BCUT2D eigenvalue weighted by Gasteiger charge is 2.31. The second-order valence-corrected chi connectivity index (χ2v) is 4.93. The van der Waals surface area contributed by atoms with Crippen LogP contribution in [-0.4, -0.2) is 17.1 Å². The first kappa shape index (κ1) is 16.0. The maximum absolute atomic E-state index is 12.1. The van der Waals surface area contributed by atoms with Gasteiger partial charge in [-0.1, -0.05) is 17.4 Å². The van der Waals surface area contributed by atoms with Crippen LogP contribution in [0.15, 0.2) is 35.7 Å². The van der Waals surface area contributed by atoms with Crippen LogP contribution in [0.2, 0.25) is 0 Å². The number of benzene rings is 1. The lowest BCUT2D eigenvalue weighted by atomic mass is 10.3. The van der Waals surface area contributed by atoms with Crippen molar-refractivity contribution < 1.29 is 27.4 Å². The molecule has 2 aromatic rings. The summed E-state index contributed by atoms with van der Waals surface area (Å²) in [5.41, 5.74) is 0.526. The summed E-state index contributed by atoms with van der Waals surface area (Å²) in [6.45, 7) is 1.41. The van der Waals surface area contributed by atoms with Crippen molar-refractivity contribution in [2.75, 3.05) is 0 Å². The number of carbonyl (C=O) groups excluding carboxylic acids is 1. The summed E-state index contributed by atoms with van der Waals surface area (Å²) in [6, 6.07) is 5.14. The van der Waals surface area contributed by atoms with Crippen LogP contribution in [0.4, 0.5) is 13.2 Å². The Labute approximate surface area is 127 Å². The SMILES string of the molecule is CC(=O)/C=C/c1csc(Oc2cccc(OC(F)(F)F)c2)n1. The Hall–Kier alpha value is -2.35. The number of rotatable bonds is 5. The van der Waals surface area contributed by atoms with Crippen molar-refractivity contribution in [1.82, 2.24) is 4.98 Å². The molecule has 2 rings (SSSR count). The van der Waals surface area contributed by atoms with Gasteiger partial charge in [0.15, 0.2) is 5.78 Å². The van der Waals surface area contributed by atoms with E-state index in [2.05, 4.69) is 9.72 Å². The van der Waals surface area contributed by atoms with Gasteiger partial charge in [-0.05, 0) is 31.2 Å². The van der Waals surface area contributed by atoms with Crippen LogP contribution in [0.3, 0.4) is 0 Å². The van der Waals surface area contributed by atoms with Crippen molar-refractivity contribution in [3.63, 3.8) is 0 Å². The van der Waals surface area contributed by atoms with Crippen molar-refractivity contribution in [3.05, 3.63) is 41.4 Å². The number of halogens is 3. The van der Waals surface area contributed by atoms with Crippen LogP contribution >= 0.6 is 11.3 Å². The largest absolute Gasteiger partial charge is 0.573 e. The highest BCUT2D eigenvalue weighted by atomic mass is 32.1. The summed E-state index contributed by atoms with van der Waals surface area (Å²) < 4.78 is 45.6. The molecule has 0 aliphatic carbocycles. The minimum atomic E-state index is -4.76. The van der Waals surface area contributed by atoms with Crippen molar-refractivity contribution in [1.29, 1.82) is 0 Å². The van der Waals surface area contributed by atoms with Crippen LogP contribution in [0.25, 0.3) is 6.08 Å². The predicted octanol–water partition coefficient (Wildman–Crippen LogP) is 4.44. The summed E-state index contributed by atoms with van der Waals surface area (Å²) in [4.78, 5) is 14.9. The van der Waals surface area contributed by atoms with Gasteiger partial charge in [0.05, 0.1) is 5.69 Å². The number of hydrogen-bond acceptors (Lipinski definition) is 5. The highest BCUT2D eigenvalue weighted by molar-refractivity contribution is 7.11. The number of alkyl halides is 3. The van der Waals surface area contributed by atoms with E-state index >= 15 is 0 Å². The number of thiazole rings is 1. The summed E-state index contributed by atoms with van der Waals surface area (Å²) in [6.07, 6.45) is -1.88. The zero-order chi connectivity index (χ0) is 16.2. The Bertz CT molecular complexity index is 695. The van der Waals surface area contributed by atoms with E-state index in [0.29, 0.717) is 5.69 Å². The second-order valence-electron chi connectivity index (χ2n) is 4.11. The molecule has 0 amide bonds. The fourth-order valence-electron chi connectivity index (χ4n) is 1.43. The lowest BCUT2D eigenvalue weighted by Crippen LogP contribution is -2.16. The van der Waals surface area contributed by atoms with Crippen LogP contribution in [0.5, 0.6) is 16.7 Å². The maximum Gasteiger partial charge on any atom is 0.573 e. The standard InChI is InChI=1S/C14H10F3NO3S/c1-9(19)5-6-10-8-22-13(18-10)20-11-3-2-4-12(7-11)21-14(15,16)17/h2-8H,1H3/b6-5+. The summed E-state index contributed by atoms with van der Waals surface area (Å²) in [7, 11) is 0. The van der Waals surface area contributed by atoms with Gasteiger partial charge in [-0.2, -0.15) is 0 Å². The third-order valence-corrected chi connectivity index (χ3v) is 2.97. The normalized spacial score (nSPS) is 11.6. The molecule has 8 heteroatoms. The Kier molecular flexibility index (Phi) is 4.81. The monoisotopic (exact) mass is 329 g/mol. The molecule has 0 bridgehead atoms. The number of hydrogen-bond donors (Lipinski definition) is 0. The molecule has 0 atom stereocenters. The van der Waals surface area contributed by atoms with Gasteiger partial charge in [0.2, 0.25) is 0 Å². The average molecular weight is 329 g/mol. The Morgan fingerprint density at radius 1 is 1.32 bits per heavy atom. The minimum Gasteiger partial charge on any atom is -0.431 e. The molecule has 1 aromatic carbocycles. The number of carbonyl (C=O) groups is 1. The van der Waals surface area contributed by atoms with E-state index in [1.807, 2.05) is 0 Å². The van der Waals surface area contributed by atoms with E-state index in [0.717, 1.165) is 17.4 Å². The van der Waals surface area contributed by atoms with Crippen LogP contribution in [0.1, 0.15) is 12.6 Å². The van der Waals surface area contributed by atoms with Crippen molar-refractivity contribution >= 4 is 23.2 Å². The van der Waals surface area contributed by atoms with Crippen molar-refractivity contribution in [2.45, 2.75) is 13.3 Å². The zero-order valence-electron chi connectivity index (χ0n) is 11.3. The minimum absolute atomic E-state index is 0.118. The van der Waals surface area contributed by atoms with Gasteiger partial charge < -0.3 is 9.47 Å². The van der Waals surface area contributed by atoms with Crippen LogP contribution in [0, 0.1) is 0 Å². The Balaban J connectivity index is 2.08. The van der Waals surface area contributed by atoms with E-state index in [1.165, 1.54) is 37.3 Å².